The molecule has 0 aliphatic carbocycles. The van der Waals surface area contributed by atoms with Crippen LogP contribution in [0.15, 0.2) is 0 Å². The number of rotatable bonds is 4. The molecule has 1 atom stereocenters. The molecule has 0 aromatic rings. The molecule has 1 N–H and O–H groups in total. The van der Waals surface area contributed by atoms with Crippen LogP contribution in [-0.4, -0.2) is 61.5 Å². The van der Waals surface area contributed by atoms with Crippen LogP contribution in [0.1, 0.15) is 39.0 Å². The number of likely N-dealkylation sites (tertiary alicyclic amines) is 2. The van der Waals surface area contributed by atoms with Gasteiger partial charge in [0, 0.05) is 13.1 Å². The van der Waals surface area contributed by atoms with Crippen molar-refractivity contribution in [2.45, 2.75) is 45.1 Å². The maximum Gasteiger partial charge on any atom is 0.239 e. The predicted octanol–water partition coefficient (Wildman–Crippen LogP) is 1.74. The van der Waals surface area contributed by atoms with Gasteiger partial charge in [0.15, 0.2) is 0 Å². The minimum absolute atomic E-state index is 0. The lowest BCUT2D eigenvalue weighted by molar-refractivity contribution is -0.137. The SMILES string of the molecule is CNCC1CCN(C(C)C(=O)N2CCCCC2)CC1.Cl. The van der Waals surface area contributed by atoms with Gasteiger partial charge in [0.05, 0.1) is 6.04 Å². The molecule has 2 heterocycles. The van der Waals surface area contributed by atoms with Crippen LogP contribution in [0.25, 0.3) is 0 Å². The maximum atomic E-state index is 12.5. The molecule has 2 aliphatic heterocycles. The monoisotopic (exact) mass is 303 g/mol. The highest BCUT2D eigenvalue weighted by Crippen LogP contribution is 2.20. The summed E-state index contributed by atoms with van der Waals surface area (Å²) in [6.07, 6.45) is 6.09. The summed E-state index contributed by atoms with van der Waals surface area (Å²) in [5.41, 5.74) is 0. The van der Waals surface area contributed by atoms with Gasteiger partial charge in [-0.2, -0.15) is 0 Å². The summed E-state index contributed by atoms with van der Waals surface area (Å²) < 4.78 is 0. The lowest BCUT2D eigenvalue weighted by Gasteiger charge is -2.38. The van der Waals surface area contributed by atoms with Crippen molar-refractivity contribution < 1.29 is 4.79 Å². The van der Waals surface area contributed by atoms with Crippen molar-refractivity contribution in [1.29, 1.82) is 0 Å². The molecule has 2 aliphatic rings. The summed E-state index contributed by atoms with van der Waals surface area (Å²) in [7, 11) is 2.02. The van der Waals surface area contributed by atoms with Gasteiger partial charge in [0.1, 0.15) is 0 Å². The molecule has 0 spiro atoms. The third-order valence-corrected chi connectivity index (χ3v) is 4.71. The fourth-order valence-electron chi connectivity index (χ4n) is 3.37. The van der Waals surface area contributed by atoms with Crippen molar-refractivity contribution in [3.63, 3.8) is 0 Å². The van der Waals surface area contributed by atoms with Crippen LogP contribution >= 0.6 is 12.4 Å². The lowest BCUT2D eigenvalue weighted by atomic mass is 9.95. The second kappa shape index (κ2) is 8.85. The zero-order chi connectivity index (χ0) is 13.7. The average molecular weight is 304 g/mol. The second-order valence-electron chi connectivity index (χ2n) is 6.10. The highest BCUT2D eigenvalue weighted by molar-refractivity contribution is 5.85. The zero-order valence-electron chi connectivity index (χ0n) is 12.9. The zero-order valence-corrected chi connectivity index (χ0v) is 13.8. The number of hydrogen-bond donors (Lipinski definition) is 1. The van der Waals surface area contributed by atoms with E-state index in [1.54, 1.807) is 0 Å². The third kappa shape index (κ3) is 4.61. The molecule has 2 saturated heterocycles. The Morgan fingerprint density at radius 3 is 2.30 bits per heavy atom. The van der Waals surface area contributed by atoms with Gasteiger partial charge in [0.2, 0.25) is 5.91 Å². The normalized spacial score (nSPS) is 23.2. The van der Waals surface area contributed by atoms with Gasteiger partial charge >= 0.3 is 0 Å². The first kappa shape index (κ1) is 17.7. The van der Waals surface area contributed by atoms with E-state index in [-0.39, 0.29) is 18.4 Å². The van der Waals surface area contributed by atoms with Gasteiger partial charge < -0.3 is 10.2 Å². The number of halogens is 1. The summed E-state index contributed by atoms with van der Waals surface area (Å²) in [6, 6.07) is 0.0774. The first-order valence-corrected chi connectivity index (χ1v) is 7.90. The Balaban J connectivity index is 0.00000200. The van der Waals surface area contributed by atoms with Gasteiger partial charge in [-0.05, 0) is 71.6 Å². The van der Waals surface area contributed by atoms with Crippen LogP contribution in [-0.2, 0) is 4.79 Å². The van der Waals surface area contributed by atoms with E-state index in [1.165, 1.54) is 32.1 Å². The van der Waals surface area contributed by atoms with E-state index in [0.717, 1.165) is 38.6 Å². The van der Waals surface area contributed by atoms with Crippen LogP contribution in [0, 0.1) is 5.92 Å². The summed E-state index contributed by atoms with van der Waals surface area (Å²) in [5, 5.41) is 3.26. The summed E-state index contributed by atoms with van der Waals surface area (Å²) in [6.45, 7) is 7.30. The number of nitrogens with zero attached hydrogens (tertiary/aromatic N) is 2. The Hall–Kier alpha value is -0.320. The fraction of sp³-hybridized carbons (Fsp3) is 0.933. The highest BCUT2D eigenvalue weighted by atomic mass is 35.5. The molecule has 1 unspecified atom stereocenters. The summed E-state index contributed by atoms with van der Waals surface area (Å²) in [4.78, 5) is 16.9. The van der Waals surface area contributed by atoms with E-state index in [4.69, 9.17) is 0 Å². The minimum atomic E-state index is 0. The second-order valence-corrected chi connectivity index (χ2v) is 6.10. The van der Waals surface area contributed by atoms with Crippen LogP contribution in [0.4, 0.5) is 0 Å². The van der Waals surface area contributed by atoms with Gasteiger partial charge in [-0.3, -0.25) is 9.69 Å². The third-order valence-electron chi connectivity index (χ3n) is 4.71. The molecule has 20 heavy (non-hydrogen) atoms. The van der Waals surface area contributed by atoms with Gasteiger partial charge in [-0.25, -0.2) is 0 Å². The van der Waals surface area contributed by atoms with Gasteiger partial charge in [-0.15, -0.1) is 12.4 Å². The van der Waals surface area contributed by atoms with Gasteiger partial charge in [-0.1, -0.05) is 0 Å². The van der Waals surface area contributed by atoms with Crippen LogP contribution in [0.3, 0.4) is 0 Å². The molecule has 0 aromatic heterocycles. The van der Waals surface area contributed by atoms with Gasteiger partial charge in [0.25, 0.3) is 0 Å². The van der Waals surface area contributed by atoms with E-state index < -0.39 is 0 Å². The smallest absolute Gasteiger partial charge is 0.239 e. The molecule has 2 rings (SSSR count). The number of piperidine rings is 2. The number of hydrogen-bond acceptors (Lipinski definition) is 3. The number of carbonyl (C=O) groups is 1. The number of amides is 1. The minimum Gasteiger partial charge on any atom is -0.341 e. The molecule has 1 amide bonds. The Labute approximate surface area is 129 Å². The lowest BCUT2D eigenvalue weighted by Crippen LogP contribution is -2.51. The Kier molecular flexibility index (Phi) is 7.85. The van der Waals surface area contributed by atoms with E-state index in [2.05, 4.69) is 22.0 Å². The first-order valence-electron chi connectivity index (χ1n) is 7.90. The highest BCUT2D eigenvalue weighted by Gasteiger charge is 2.29. The van der Waals surface area contributed by atoms with Crippen molar-refractivity contribution >= 4 is 18.3 Å². The first-order chi connectivity index (χ1) is 9.22. The van der Waals surface area contributed by atoms with Crippen molar-refractivity contribution in [1.82, 2.24) is 15.1 Å². The molecule has 5 heteroatoms. The quantitative estimate of drug-likeness (QED) is 0.859. The number of carbonyl (C=O) groups excluding carboxylic acids is 1. The molecule has 0 saturated carbocycles. The van der Waals surface area contributed by atoms with E-state index in [9.17, 15) is 4.79 Å². The molecule has 4 nitrogen and oxygen atoms in total. The van der Waals surface area contributed by atoms with Crippen molar-refractivity contribution in [2.75, 3.05) is 39.8 Å². The van der Waals surface area contributed by atoms with Crippen molar-refractivity contribution in [2.24, 2.45) is 5.92 Å². The Morgan fingerprint density at radius 1 is 1.15 bits per heavy atom. The van der Waals surface area contributed by atoms with E-state index >= 15 is 0 Å². The predicted molar refractivity (Wildman–Crippen MR) is 85.4 cm³/mol. The molecule has 0 radical (unpaired) electrons. The molecule has 2 fully saturated rings. The molecule has 0 bridgehead atoms. The van der Waals surface area contributed by atoms with Crippen LogP contribution in [0.5, 0.6) is 0 Å². The Bertz CT molecular complexity index is 287. The molecule has 0 aromatic carbocycles. The average Bonchev–Trinajstić information content (AvgIpc) is 2.48. The standard InChI is InChI=1S/C15H29N3O.ClH/c1-13(15(19)18-8-4-3-5-9-18)17-10-6-14(7-11-17)12-16-2;/h13-14,16H,3-12H2,1-2H3;1H. The Morgan fingerprint density at radius 2 is 1.75 bits per heavy atom. The molecular weight excluding hydrogens is 274 g/mol. The van der Waals surface area contributed by atoms with E-state index in [0.29, 0.717) is 5.91 Å². The summed E-state index contributed by atoms with van der Waals surface area (Å²) in [5.74, 6) is 1.14. The molecule has 118 valence electrons. The van der Waals surface area contributed by atoms with Crippen molar-refractivity contribution in [3.05, 3.63) is 0 Å². The van der Waals surface area contributed by atoms with Crippen molar-refractivity contribution in [3.8, 4) is 0 Å². The fourth-order valence-corrected chi connectivity index (χ4v) is 3.37. The largest absolute Gasteiger partial charge is 0.341 e. The topological polar surface area (TPSA) is 35.6 Å². The van der Waals surface area contributed by atoms with E-state index in [1.807, 2.05) is 7.05 Å². The maximum absolute atomic E-state index is 12.5. The van der Waals surface area contributed by atoms with Crippen LogP contribution < -0.4 is 5.32 Å². The summed E-state index contributed by atoms with van der Waals surface area (Å²) >= 11 is 0. The number of nitrogens with one attached hydrogen (secondary N) is 1. The van der Waals surface area contributed by atoms with Crippen LogP contribution in [0.2, 0.25) is 0 Å². The molecular formula is C15H30ClN3O.